The zero-order chi connectivity index (χ0) is 10.5. The second-order valence-electron chi connectivity index (χ2n) is 3.97. The molecule has 1 saturated heterocycles. The number of rotatable bonds is 3. The van der Waals surface area contributed by atoms with Gasteiger partial charge in [-0.05, 0) is 32.4 Å². The zero-order valence-electron chi connectivity index (χ0n) is 9.07. The number of ether oxygens (including phenoxy) is 1. The summed E-state index contributed by atoms with van der Waals surface area (Å²) in [6, 6.07) is 4.25. The van der Waals surface area contributed by atoms with Crippen LogP contribution < -0.4 is 10.1 Å². The summed E-state index contributed by atoms with van der Waals surface area (Å²) in [5.41, 5.74) is 0.915. The summed E-state index contributed by atoms with van der Waals surface area (Å²) in [6.45, 7) is 3.71. The van der Waals surface area contributed by atoms with Crippen LogP contribution in [0.4, 0.5) is 0 Å². The minimum Gasteiger partial charge on any atom is -0.475 e. The van der Waals surface area contributed by atoms with E-state index in [-0.39, 0.29) is 0 Å². The predicted molar refractivity (Wildman–Crippen MR) is 57.9 cm³/mol. The average molecular weight is 207 g/mol. The molecular weight excluding hydrogens is 190 g/mol. The van der Waals surface area contributed by atoms with Gasteiger partial charge in [0.15, 0.2) is 0 Å². The van der Waals surface area contributed by atoms with Crippen LogP contribution in [-0.2, 0) is 0 Å². The van der Waals surface area contributed by atoms with E-state index < -0.39 is 0 Å². The largest absolute Gasteiger partial charge is 0.475 e. The van der Waals surface area contributed by atoms with Crippen LogP contribution in [-0.4, -0.2) is 29.4 Å². The molecule has 4 heteroatoms. The van der Waals surface area contributed by atoms with Crippen LogP contribution in [0.2, 0.25) is 0 Å². The first-order valence-electron chi connectivity index (χ1n) is 5.51. The highest BCUT2D eigenvalue weighted by molar-refractivity contribution is 5.10. The highest BCUT2D eigenvalue weighted by Gasteiger charge is 2.12. The van der Waals surface area contributed by atoms with Gasteiger partial charge < -0.3 is 10.1 Å². The van der Waals surface area contributed by atoms with Gasteiger partial charge in [-0.2, -0.15) is 5.10 Å². The van der Waals surface area contributed by atoms with E-state index in [9.17, 15) is 0 Å². The molecule has 2 rings (SSSR count). The lowest BCUT2D eigenvalue weighted by atomic mass is 10.1. The van der Waals surface area contributed by atoms with Crippen molar-refractivity contribution >= 4 is 0 Å². The lowest BCUT2D eigenvalue weighted by Gasteiger charge is -2.22. The SMILES string of the molecule is Cc1ccc(OC[C@@H]2CCCCN2)nn1. The molecule has 0 radical (unpaired) electrons. The molecule has 1 N–H and O–H groups in total. The Kier molecular flexibility index (Phi) is 3.50. The standard InChI is InChI=1S/C11H17N3O/c1-9-5-6-11(14-13-9)15-8-10-4-2-3-7-12-10/h5-6,10,12H,2-4,7-8H2,1H3/t10-/m0/s1. The molecule has 0 aliphatic carbocycles. The van der Waals surface area contributed by atoms with Crippen molar-refractivity contribution in [1.29, 1.82) is 0 Å². The Bertz CT molecular complexity index is 293. The van der Waals surface area contributed by atoms with E-state index >= 15 is 0 Å². The van der Waals surface area contributed by atoms with E-state index in [0.717, 1.165) is 12.2 Å². The van der Waals surface area contributed by atoms with E-state index in [1.807, 2.05) is 19.1 Å². The van der Waals surface area contributed by atoms with E-state index in [0.29, 0.717) is 18.5 Å². The van der Waals surface area contributed by atoms with Gasteiger partial charge in [0.05, 0.1) is 5.69 Å². The molecule has 1 aromatic heterocycles. The second-order valence-corrected chi connectivity index (χ2v) is 3.97. The summed E-state index contributed by atoms with van der Waals surface area (Å²) < 4.78 is 5.56. The third kappa shape index (κ3) is 3.16. The van der Waals surface area contributed by atoms with Gasteiger partial charge in [-0.3, -0.25) is 0 Å². The average Bonchev–Trinajstić information content (AvgIpc) is 2.30. The van der Waals surface area contributed by atoms with Crippen LogP contribution in [0.1, 0.15) is 25.0 Å². The zero-order valence-corrected chi connectivity index (χ0v) is 9.07. The topological polar surface area (TPSA) is 47.0 Å². The molecule has 0 spiro atoms. The van der Waals surface area contributed by atoms with Crippen LogP contribution >= 0.6 is 0 Å². The quantitative estimate of drug-likeness (QED) is 0.811. The molecule has 1 aromatic rings. The van der Waals surface area contributed by atoms with Crippen LogP contribution in [0.15, 0.2) is 12.1 Å². The summed E-state index contributed by atoms with van der Waals surface area (Å²) >= 11 is 0. The number of hydrogen-bond acceptors (Lipinski definition) is 4. The Labute approximate surface area is 90.1 Å². The molecule has 82 valence electrons. The van der Waals surface area contributed by atoms with Gasteiger partial charge in [0.25, 0.3) is 0 Å². The van der Waals surface area contributed by atoms with Gasteiger partial charge >= 0.3 is 0 Å². The Morgan fingerprint density at radius 3 is 3.00 bits per heavy atom. The molecule has 4 nitrogen and oxygen atoms in total. The Morgan fingerprint density at radius 2 is 2.33 bits per heavy atom. The van der Waals surface area contributed by atoms with Crippen molar-refractivity contribution in [3.05, 3.63) is 17.8 Å². The monoisotopic (exact) mass is 207 g/mol. The Hall–Kier alpha value is -1.16. The highest BCUT2D eigenvalue weighted by Crippen LogP contribution is 2.09. The van der Waals surface area contributed by atoms with E-state index in [1.54, 1.807) is 0 Å². The molecule has 1 fully saturated rings. The first-order valence-corrected chi connectivity index (χ1v) is 5.51. The smallest absolute Gasteiger partial charge is 0.233 e. The van der Waals surface area contributed by atoms with E-state index in [1.165, 1.54) is 19.3 Å². The van der Waals surface area contributed by atoms with Crippen molar-refractivity contribution in [3.8, 4) is 5.88 Å². The second kappa shape index (κ2) is 5.07. The summed E-state index contributed by atoms with van der Waals surface area (Å²) in [5, 5.41) is 11.3. The van der Waals surface area contributed by atoms with Gasteiger partial charge in [-0.1, -0.05) is 6.42 Å². The first kappa shape index (κ1) is 10.4. The summed E-state index contributed by atoms with van der Waals surface area (Å²) in [4.78, 5) is 0. The minimum absolute atomic E-state index is 0.474. The van der Waals surface area contributed by atoms with Gasteiger partial charge in [0.1, 0.15) is 6.61 Å². The third-order valence-electron chi connectivity index (χ3n) is 2.62. The van der Waals surface area contributed by atoms with Crippen molar-refractivity contribution in [1.82, 2.24) is 15.5 Å². The van der Waals surface area contributed by atoms with E-state index in [2.05, 4.69) is 15.5 Å². The maximum atomic E-state index is 5.56. The molecule has 0 bridgehead atoms. The lowest BCUT2D eigenvalue weighted by Crippen LogP contribution is -2.38. The Balaban J connectivity index is 1.79. The normalized spacial score (nSPS) is 21.3. The number of nitrogens with zero attached hydrogens (tertiary/aromatic N) is 2. The van der Waals surface area contributed by atoms with Crippen molar-refractivity contribution in [3.63, 3.8) is 0 Å². The molecule has 0 aromatic carbocycles. The van der Waals surface area contributed by atoms with Gasteiger partial charge in [-0.25, -0.2) is 0 Å². The molecule has 1 atom stereocenters. The molecule has 1 aliphatic rings. The van der Waals surface area contributed by atoms with Crippen molar-refractivity contribution < 1.29 is 4.74 Å². The minimum atomic E-state index is 0.474. The van der Waals surface area contributed by atoms with Crippen molar-refractivity contribution in [2.75, 3.05) is 13.2 Å². The van der Waals surface area contributed by atoms with Crippen LogP contribution in [0.25, 0.3) is 0 Å². The van der Waals surface area contributed by atoms with Crippen LogP contribution in [0.5, 0.6) is 5.88 Å². The molecule has 0 unspecified atom stereocenters. The fraction of sp³-hybridized carbons (Fsp3) is 0.636. The molecule has 15 heavy (non-hydrogen) atoms. The van der Waals surface area contributed by atoms with Crippen molar-refractivity contribution in [2.24, 2.45) is 0 Å². The highest BCUT2D eigenvalue weighted by atomic mass is 16.5. The Morgan fingerprint density at radius 1 is 1.40 bits per heavy atom. The number of aryl methyl sites for hydroxylation is 1. The maximum absolute atomic E-state index is 5.56. The number of hydrogen-bond donors (Lipinski definition) is 1. The van der Waals surface area contributed by atoms with Gasteiger partial charge in [0, 0.05) is 12.1 Å². The molecular formula is C11H17N3O. The number of nitrogens with one attached hydrogen (secondary N) is 1. The lowest BCUT2D eigenvalue weighted by molar-refractivity contribution is 0.230. The van der Waals surface area contributed by atoms with E-state index in [4.69, 9.17) is 4.74 Å². The summed E-state index contributed by atoms with van der Waals surface area (Å²) in [5.74, 6) is 0.618. The molecule has 1 aliphatic heterocycles. The molecule has 0 amide bonds. The molecule has 2 heterocycles. The first-order chi connectivity index (χ1) is 7.34. The summed E-state index contributed by atoms with van der Waals surface area (Å²) in [7, 11) is 0. The number of piperidine rings is 1. The van der Waals surface area contributed by atoms with Crippen LogP contribution in [0.3, 0.4) is 0 Å². The van der Waals surface area contributed by atoms with Gasteiger partial charge in [-0.15, -0.1) is 5.10 Å². The number of aromatic nitrogens is 2. The molecule has 0 saturated carbocycles. The van der Waals surface area contributed by atoms with Crippen LogP contribution in [0, 0.1) is 6.92 Å². The summed E-state index contributed by atoms with van der Waals surface area (Å²) in [6.07, 6.45) is 3.76. The maximum Gasteiger partial charge on any atom is 0.233 e. The third-order valence-corrected chi connectivity index (χ3v) is 2.62. The predicted octanol–water partition coefficient (Wildman–Crippen LogP) is 1.31. The fourth-order valence-electron chi connectivity index (χ4n) is 1.72. The van der Waals surface area contributed by atoms with Crippen molar-refractivity contribution in [2.45, 2.75) is 32.2 Å². The fourth-order valence-corrected chi connectivity index (χ4v) is 1.72. The van der Waals surface area contributed by atoms with Gasteiger partial charge in [0.2, 0.25) is 5.88 Å².